The standard InChI is InChI=1S/C61H72N2O13/c1-45(64)38-52(39-47-25-28-53(29-26-47)74-42-48-18-9-4-10-19-48)61(70)63-55(40-46-16-7-3-8-17-46)57(66)41-51(27-31-58(67)75-43-49-20-11-5-12-21-49)60(69)62-54(30-32-59(68)76-44-50-22-13-6-14-23-50)56(65)24-15-33-72-36-37-73-35-34-71-2/h3-14,16-23,25-26,28-29,51-52,54-55H,15,24,27,30-44H2,1-2H3,(H,62,69)(H,63,70)/t51-,52+,54-,55-/m1/s1. The van der Waals surface area contributed by atoms with Gasteiger partial charge in [0, 0.05) is 57.7 Å². The van der Waals surface area contributed by atoms with Crippen LogP contribution in [0.2, 0.25) is 0 Å². The fourth-order valence-corrected chi connectivity index (χ4v) is 8.21. The second kappa shape index (κ2) is 34.3. The minimum Gasteiger partial charge on any atom is -0.489 e. The lowest BCUT2D eigenvalue weighted by molar-refractivity contribution is -0.147. The third-order valence-electron chi connectivity index (χ3n) is 12.4. The van der Waals surface area contributed by atoms with Crippen LogP contribution in [0.25, 0.3) is 0 Å². The molecule has 0 radical (unpaired) electrons. The van der Waals surface area contributed by atoms with Crippen LogP contribution in [-0.4, -0.2) is 93.3 Å². The van der Waals surface area contributed by atoms with Gasteiger partial charge in [0.2, 0.25) is 11.8 Å². The van der Waals surface area contributed by atoms with Crippen molar-refractivity contribution in [1.82, 2.24) is 10.6 Å². The fraction of sp³-hybridized carbons (Fsp3) is 0.393. The number of carbonyl (C=O) groups excluding carboxylic acids is 7. The summed E-state index contributed by atoms with van der Waals surface area (Å²) in [6, 6.07) is 42.0. The van der Waals surface area contributed by atoms with E-state index in [0.717, 1.165) is 27.8 Å². The minimum absolute atomic E-state index is 0.00272. The van der Waals surface area contributed by atoms with Crippen molar-refractivity contribution in [3.05, 3.63) is 173 Å². The van der Waals surface area contributed by atoms with Crippen LogP contribution in [-0.2, 0) is 89.9 Å². The molecule has 5 aromatic carbocycles. The van der Waals surface area contributed by atoms with Gasteiger partial charge >= 0.3 is 11.9 Å². The number of hydrogen-bond acceptors (Lipinski definition) is 13. The highest BCUT2D eigenvalue weighted by Gasteiger charge is 2.33. The van der Waals surface area contributed by atoms with E-state index < -0.39 is 59.9 Å². The zero-order valence-corrected chi connectivity index (χ0v) is 43.7. The van der Waals surface area contributed by atoms with E-state index in [1.165, 1.54) is 6.92 Å². The maximum Gasteiger partial charge on any atom is 0.306 e. The highest BCUT2D eigenvalue weighted by molar-refractivity contribution is 5.95. The van der Waals surface area contributed by atoms with Crippen LogP contribution in [0.3, 0.4) is 0 Å². The summed E-state index contributed by atoms with van der Waals surface area (Å²) < 4.78 is 33.1. The molecule has 0 saturated heterocycles. The summed E-state index contributed by atoms with van der Waals surface area (Å²) in [5.41, 5.74) is 4.06. The summed E-state index contributed by atoms with van der Waals surface area (Å²) in [4.78, 5) is 96.5. The zero-order chi connectivity index (χ0) is 54.2. The van der Waals surface area contributed by atoms with E-state index >= 15 is 0 Å². The maximum atomic E-state index is 14.7. The number of Topliss-reactive ketones (excluding diaryl/α,β-unsaturated/α-hetero) is 3. The molecule has 0 aliphatic heterocycles. The second-order valence-electron chi connectivity index (χ2n) is 18.6. The third kappa shape index (κ3) is 23.5. The van der Waals surface area contributed by atoms with E-state index in [0.29, 0.717) is 45.2 Å². The Bertz CT molecular complexity index is 2530. The van der Waals surface area contributed by atoms with Crippen molar-refractivity contribution in [3.63, 3.8) is 0 Å². The van der Waals surface area contributed by atoms with Crippen LogP contribution >= 0.6 is 0 Å². The lowest BCUT2D eigenvalue weighted by Gasteiger charge is -2.25. The van der Waals surface area contributed by atoms with Gasteiger partial charge in [-0.1, -0.05) is 133 Å². The van der Waals surface area contributed by atoms with Gasteiger partial charge in [-0.3, -0.25) is 28.8 Å². The van der Waals surface area contributed by atoms with E-state index in [1.54, 1.807) is 31.4 Å². The molecule has 4 atom stereocenters. The monoisotopic (exact) mass is 1040 g/mol. The van der Waals surface area contributed by atoms with Crippen molar-refractivity contribution in [2.24, 2.45) is 11.8 Å². The number of rotatable bonds is 37. The van der Waals surface area contributed by atoms with Gasteiger partial charge in [0.1, 0.15) is 31.4 Å². The van der Waals surface area contributed by atoms with Crippen molar-refractivity contribution in [1.29, 1.82) is 0 Å². The van der Waals surface area contributed by atoms with Gasteiger partial charge in [-0.05, 0) is 79.0 Å². The zero-order valence-electron chi connectivity index (χ0n) is 43.7. The average Bonchev–Trinajstić information content (AvgIpc) is 3.43. The van der Waals surface area contributed by atoms with E-state index in [1.807, 2.05) is 121 Å². The van der Waals surface area contributed by atoms with Crippen LogP contribution in [0.5, 0.6) is 5.75 Å². The normalized spacial score (nSPS) is 12.6. The molecule has 76 heavy (non-hydrogen) atoms. The van der Waals surface area contributed by atoms with Crippen LogP contribution in [0.15, 0.2) is 146 Å². The fourth-order valence-electron chi connectivity index (χ4n) is 8.21. The topological polar surface area (TPSA) is 199 Å². The number of benzene rings is 5. The Labute approximate surface area is 446 Å². The number of nitrogens with one attached hydrogen (secondary N) is 2. The SMILES string of the molecule is COCCOCCOCCCC(=O)[C@@H](CCC(=O)OCc1ccccc1)NC(=O)[C@H](CCC(=O)OCc1ccccc1)CC(=O)[C@@H](Cc1ccccc1)NC(=O)[C@@H](CC(C)=O)Cc1ccc(OCc2ccccc2)cc1. The third-order valence-corrected chi connectivity index (χ3v) is 12.4. The van der Waals surface area contributed by atoms with Gasteiger partial charge in [-0.2, -0.15) is 0 Å². The molecule has 0 fully saturated rings. The Balaban J connectivity index is 1.33. The molecule has 0 unspecified atom stereocenters. The first kappa shape index (κ1) is 59.5. The second-order valence-corrected chi connectivity index (χ2v) is 18.6. The smallest absolute Gasteiger partial charge is 0.306 e. The first-order chi connectivity index (χ1) is 36.9. The summed E-state index contributed by atoms with van der Waals surface area (Å²) in [6.45, 7) is 3.55. The Morgan fingerprint density at radius 1 is 0.447 bits per heavy atom. The first-order valence-electron chi connectivity index (χ1n) is 25.9. The average molecular weight is 1040 g/mol. The van der Waals surface area contributed by atoms with Crippen molar-refractivity contribution in [2.75, 3.05) is 40.1 Å². The van der Waals surface area contributed by atoms with Gasteiger partial charge in [-0.25, -0.2) is 0 Å². The number of esters is 2. The maximum absolute atomic E-state index is 14.7. The summed E-state index contributed by atoms with van der Waals surface area (Å²) in [5.74, 6) is -4.87. The number of ether oxygens (including phenoxy) is 6. The summed E-state index contributed by atoms with van der Waals surface area (Å²) >= 11 is 0. The Morgan fingerprint density at radius 2 is 0.921 bits per heavy atom. The van der Waals surface area contributed by atoms with Gasteiger partial charge in [0.15, 0.2) is 11.6 Å². The number of amides is 2. The minimum atomic E-state index is -1.18. The Morgan fingerprint density at radius 3 is 1.47 bits per heavy atom. The van der Waals surface area contributed by atoms with E-state index in [2.05, 4.69) is 10.6 Å². The number of methoxy groups -OCH3 is 1. The first-order valence-corrected chi connectivity index (χ1v) is 25.9. The van der Waals surface area contributed by atoms with Crippen molar-refractivity contribution >= 4 is 41.1 Å². The van der Waals surface area contributed by atoms with Gasteiger partial charge in [-0.15, -0.1) is 0 Å². The lowest BCUT2D eigenvalue weighted by atomic mass is 9.89. The molecule has 0 spiro atoms. The number of carbonyl (C=O) groups is 7. The molecule has 0 heterocycles. The molecule has 0 bridgehead atoms. The number of hydrogen-bond donors (Lipinski definition) is 2. The Hall–Kier alpha value is -7.33. The van der Waals surface area contributed by atoms with Crippen molar-refractivity contribution in [2.45, 2.75) is 103 Å². The summed E-state index contributed by atoms with van der Waals surface area (Å²) in [7, 11) is 1.58. The van der Waals surface area contributed by atoms with Crippen LogP contribution < -0.4 is 15.4 Å². The van der Waals surface area contributed by atoms with Crippen LogP contribution in [0.4, 0.5) is 0 Å². The molecule has 15 nitrogen and oxygen atoms in total. The number of ketones is 3. The molecule has 2 amide bonds. The van der Waals surface area contributed by atoms with E-state index in [9.17, 15) is 33.6 Å². The molecule has 0 aliphatic carbocycles. The molecular weight excluding hydrogens is 969 g/mol. The molecule has 5 aromatic rings. The van der Waals surface area contributed by atoms with Crippen molar-refractivity contribution < 1.29 is 62.0 Å². The van der Waals surface area contributed by atoms with Gasteiger partial charge in [0.05, 0.1) is 38.5 Å². The quantitative estimate of drug-likeness (QED) is 0.0285. The summed E-state index contributed by atoms with van der Waals surface area (Å²) in [5, 5.41) is 5.76. The van der Waals surface area contributed by atoms with Crippen LogP contribution in [0, 0.1) is 11.8 Å². The predicted octanol–water partition coefficient (Wildman–Crippen LogP) is 8.27. The van der Waals surface area contributed by atoms with E-state index in [-0.39, 0.29) is 82.8 Å². The molecule has 0 aliphatic rings. The largest absolute Gasteiger partial charge is 0.489 e. The lowest BCUT2D eigenvalue weighted by Crippen LogP contribution is -2.48. The molecule has 0 saturated carbocycles. The highest BCUT2D eigenvalue weighted by atomic mass is 16.5. The molecule has 5 rings (SSSR count). The highest BCUT2D eigenvalue weighted by Crippen LogP contribution is 2.22. The molecule has 15 heteroatoms. The van der Waals surface area contributed by atoms with Gasteiger partial charge < -0.3 is 43.8 Å². The van der Waals surface area contributed by atoms with Crippen LogP contribution in [0.1, 0.15) is 86.1 Å². The molecule has 2 N–H and O–H groups in total. The molecule has 404 valence electrons. The molecular formula is C61H72N2O13. The molecule has 0 aromatic heterocycles. The summed E-state index contributed by atoms with van der Waals surface area (Å²) in [6.07, 6.45) is -0.642. The van der Waals surface area contributed by atoms with Crippen molar-refractivity contribution in [3.8, 4) is 5.75 Å². The van der Waals surface area contributed by atoms with E-state index in [4.69, 9.17) is 28.4 Å². The van der Waals surface area contributed by atoms with Gasteiger partial charge in [0.25, 0.3) is 0 Å². The predicted molar refractivity (Wildman–Crippen MR) is 286 cm³/mol. The Kier molecular flexibility index (Phi) is 26.9.